The number of methoxy groups -OCH3 is 2. The molecule has 1 saturated carbocycles. The summed E-state index contributed by atoms with van der Waals surface area (Å²) in [6.45, 7) is 8.78. The zero-order valence-corrected chi connectivity index (χ0v) is 83.8. The summed E-state index contributed by atoms with van der Waals surface area (Å²) >= 11 is 5.59. The van der Waals surface area contributed by atoms with Crippen molar-refractivity contribution in [3.63, 3.8) is 0 Å². The average molecular weight is 2180 g/mol. The molecule has 60 heteroatoms. The lowest BCUT2D eigenvalue weighted by Crippen LogP contribution is -2.50. The highest BCUT2D eigenvalue weighted by Gasteiger charge is 2.49. The minimum atomic E-state index is -3.96. The van der Waals surface area contributed by atoms with Crippen LogP contribution in [0.2, 0.25) is 5.02 Å². The van der Waals surface area contributed by atoms with Gasteiger partial charge in [0.05, 0.1) is 76.3 Å². The number of nitrogens with zero attached hydrogens (tertiary/aromatic N) is 15. The van der Waals surface area contributed by atoms with Crippen molar-refractivity contribution in [3.05, 3.63) is 248 Å². The molecule has 9 aromatic rings. The predicted octanol–water partition coefficient (Wildman–Crippen LogP) is 7.40. The second-order valence-corrected chi connectivity index (χ2v) is 44.8. The molecule has 1 fully saturated rings. The van der Waals surface area contributed by atoms with Crippen molar-refractivity contribution >= 4 is 149 Å². The fourth-order valence-corrected chi connectivity index (χ4v) is 21.9. The summed E-state index contributed by atoms with van der Waals surface area (Å²) in [4.78, 5) is 100. The molecule has 788 valence electrons. The maximum Gasteiger partial charge on any atom is 0.293 e. The van der Waals surface area contributed by atoms with Crippen LogP contribution >= 0.6 is 11.6 Å². The number of aliphatic imine (C=N–C) groups is 5. The van der Waals surface area contributed by atoms with E-state index in [0.29, 0.717) is 42.2 Å². The van der Waals surface area contributed by atoms with Gasteiger partial charge in [-0.15, -0.1) is 0 Å². The number of ether oxygens (including phenoxy) is 3. The van der Waals surface area contributed by atoms with Crippen LogP contribution < -0.4 is 64.7 Å². The molecule has 147 heavy (non-hydrogen) atoms. The molecule has 5 amide bonds. The Labute approximate surface area is 842 Å². The number of halogens is 12. The summed E-state index contributed by atoms with van der Waals surface area (Å²) in [5.41, 5.74) is 17.1. The number of anilines is 5. The first-order valence-corrected chi connectivity index (χ1v) is 50.8. The number of aromatic nitrogens is 5. The summed E-state index contributed by atoms with van der Waals surface area (Å²) in [5, 5.41) is 11.8. The van der Waals surface area contributed by atoms with Crippen LogP contribution in [0.4, 0.5) is 76.7 Å². The molecule has 15 N–H and O–H groups in total. The van der Waals surface area contributed by atoms with E-state index in [1.165, 1.54) is 113 Å². The predicted molar refractivity (Wildman–Crippen MR) is 516 cm³/mol. The van der Waals surface area contributed by atoms with Gasteiger partial charge in [-0.2, -0.15) is 0 Å². The molecule has 6 aliphatic rings. The van der Waals surface area contributed by atoms with Crippen molar-refractivity contribution in [1.82, 2.24) is 46.4 Å². The molecule has 5 aromatic carbocycles. The maximum absolute atomic E-state index is 14.7. The number of rotatable bonds is 20. The van der Waals surface area contributed by atoms with Gasteiger partial charge in [-0.25, -0.2) is 162 Å². The molecule has 0 saturated heterocycles. The summed E-state index contributed by atoms with van der Waals surface area (Å²) in [5.74, 6) is -21.3. The third-order valence-electron chi connectivity index (χ3n) is 22.9. The third-order valence-corrected chi connectivity index (χ3v) is 32.9. The summed E-state index contributed by atoms with van der Waals surface area (Å²) in [7, 11) is -14.7. The number of nitrogens with two attached hydrogens (primary N) is 5. The lowest BCUT2D eigenvalue weighted by Gasteiger charge is -2.34. The quantitative estimate of drug-likeness (QED) is 0.0332. The van der Waals surface area contributed by atoms with Crippen LogP contribution in [-0.2, 0) is 87.3 Å². The van der Waals surface area contributed by atoms with Gasteiger partial charge in [0, 0.05) is 129 Å². The SMILES string of the molecule is CN1C(N)=N[C@](C)(c2cc(NC(=O)c3ccc(OCC4CC4)cn3)cc(F)c2F)CS1(=O)=O.CN1C(N)=N[C@](C)(c2cc(NC(=O)c3ncc(Cl)cc3F)cc(F)c2F)CS1(=O)=O.CN1C(N)=N[C@](C)(c2cc(NC(=O)c3ncc(F)cn3)cc(F)c2F)CS1(=O)=O.CO[C@H](C)C(=O)Nc1ccc(F)c([C@]2(C)CS(=O)(=O)N(C)C(N)=N2)c1.[2H]C([2H])([2H])Oc1ccc(C(=O)Nc2cc(F)c(F)c([C@]3(C)CS(=O)(=O)N(C)C(N)=N3)c2)nc1. The molecule has 0 spiro atoms. The molecular formula is C87H93ClF11N25O18S5. The van der Waals surface area contributed by atoms with Gasteiger partial charge in [0.1, 0.15) is 62.5 Å². The number of amides is 5. The molecule has 5 aliphatic heterocycles. The molecule has 9 heterocycles. The summed E-state index contributed by atoms with van der Waals surface area (Å²) < 4.78 is 320. The molecule has 4 aromatic heterocycles. The van der Waals surface area contributed by atoms with Crippen molar-refractivity contribution in [3.8, 4) is 11.5 Å². The fraction of sp³-hybridized carbons (Fsp3) is 0.322. The van der Waals surface area contributed by atoms with Crippen LogP contribution in [0.15, 0.2) is 153 Å². The van der Waals surface area contributed by atoms with Gasteiger partial charge in [-0.05, 0) is 133 Å². The Kier molecular flexibility index (Phi) is 31.6. The number of carbonyl (C=O) groups excluding carboxylic acids is 5. The fourth-order valence-electron chi connectivity index (χ4n) is 14.5. The first kappa shape index (κ1) is 108. The van der Waals surface area contributed by atoms with Crippen LogP contribution in [0.1, 0.15) is 128 Å². The van der Waals surface area contributed by atoms with E-state index in [1.807, 2.05) is 0 Å². The van der Waals surface area contributed by atoms with E-state index in [4.69, 9.17) is 53.9 Å². The van der Waals surface area contributed by atoms with Crippen LogP contribution in [0.5, 0.6) is 11.5 Å². The topological polar surface area (TPSA) is 616 Å². The van der Waals surface area contributed by atoms with Gasteiger partial charge in [-0.3, -0.25) is 24.0 Å². The Morgan fingerprint density at radius 2 is 0.735 bits per heavy atom. The molecule has 1 aliphatic carbocycles. The minimum absolute atomic E-state index is 0.0231. The molecule has 0 unspecified atom stereocenters. The molecule has 43 nitrogen and oxygen atoms in total. The molecule has 0 radical (unpaired) electrons. The first-order chi connectivity index (χ1) is 69.4. The summed E-state index contributed by atoms with van der Waals surface area (Å²) in [6, 6.07) is 17.3. The van der Waals surface area contributed by atoms with Crippen LogP contribution in [0.25, 0.3) is 0 Å². The van der Waals surface area contributed by atoms with E-state index in [0.717, 1.165) is 102 Å². The number of hydrogen-bond donors (Lipinski definition) is 10. The number of carbonyl (C=O) groups is 5. The van der Waals surface area contributed by atoms with Crippen molar-refractivity contribution in [2.24, 2.45) is 59.5 Å². The highest BCUT2D eigenvalue weighted by Crippen LogP contribution is 2.43. The second kappa shape index (κ2) is 43.1. The van der Waals surface area contributed by atoms with Gasteiger partial charge < -0.3 is 69.5 Å². The van der Waals surface area contributed by atoms with E-state index in [-0.39, 0.29) is 68.0 Å². The van der Waals surface area contributed by atoms with Gasteiger partial charge in [0.2, 0.25) is 85.7 Å². The number of hydrogen-bond acceptors (Lipinski definition) is 33. The monoisotopic (exact) mass is 2180 g/mol. The van der Waals surface area contributed by atoms with E-state index in [9.17, 15) is 114 Å². The minimum Gasteiger partial charge on any atom is -0.495 e. The van der Waals surface area contributed by atoms with E-state index < -0.39 is 259 Å². The smallest absolute Gasteiger partial charge is 0.293 e. The zero-order valence-electron chi connectivity index (χ0n) is 82.0. The van der Waals surface area contributed by atoms with Crippen molar-refractivity contribution in [2.45, 2.75) is 88.2 Å². The zero-order chi connectivity index (χ0) is 112. The Hall–Kier alpha value is -14.8. The van der Waals surface area contributed by atoms with Crippen molar-refractivity contribution in [1.29, 1.82) is 0 Å². The van der Waals surface area contributed by atoms with E-state index in [1.54, 1.807) is 13.0 Å². The van der Waals surface area contributed by atoms with Crippen molar-refractivity contribution in [2.75, 3.05) is 111 Å². The average Bonchev–Trinajstić information content (AvgIpc) is 1.23. The van der Waals surface area contributed by atoms with Gasteiger partial charge in [0.15, 0.2) is 63.9 Å². The second-order valence-electron chi connectivity index (χ2n) is 34.3. The summed E-state index contributed by atoms with van der Waals surface area (Å²) in [6.07, 6.45) is 6.59. The molecule has 6 atom stereocenters. The van der Waals surface area contributed by atoms with Crippen LogP contribution in [-0.4, -0.2) is 239 Å². The number of nitrogens with one attached hydrogen (secondary N) is 5. The van der Waals surface area contributed by atoms with Crippen molar-refractivity contribution < 1.29 is 133 Å². The van der Waals surface area contributed by atoms with Gasteiger partial charge >= 0.3 is 0 Å². The number of guanidine groups is 5. The Morgan fingerprint density at radius 3 is 1.05 bits per heavy atom. The van der Waals surface area contributed by atoms with Gasteiger partial charge in [-0.1, -0.05) is 11.6 Å². The lowest BCUT2D eigenvalue weighted by molar-refractivity contribution is -0.124. The normalized spacial score (nSPS) is 21.8. The standard InChI is InChI=1S/C21H23F2N5O4S.C18H19F2N5O4S.C17H15ClF3N5O3S.C16H15F3N6O3S.C15H21FN4O4S/c1-21(11-33(30,31)28(2)20(24)27-21)15-7-13(8-16(22)18(15)23)26-19(29)17-6-5-14(9-25-17)32-10-12-3-4-12;1-18(9-30(27,28)25(2)17(21)24-18)12-6-10(7-13(19)15(12)20)23-16(26)14-5-4-11(29-3)8-22-14;1-17(7-30(28,29)26(2)16(22)25-17)10-4-9(5-11(19)13(10)21)24-15(27)14-12(20)3-8(18)6-23-14;1-16(7-29(27,28)25(2)15(20)24-16)10-3-9(4-11(18)12(10)19)23-14(26)13-21-5-8(17)6-22-13;1-9(24-4)13(21)18-10-5-6-12(16)11(7-10)15(2)8-25(22,23)20(3)14(17)19-15/h5-9,12H,3-4,10-11H2,1-2H3,(H2,24,27)(H,26,29);4-8H,9H2,1-3H3,(H2,21,24)(H,23,26);3-6H,7H2,1-2H3,(H2,22,25)(H,24,27);3-6H,7H2,1-2H3,(H2,20,24)(H,23,26);5-7,9H,8H2,1-4H3,(H2,17,19)(H,18,21)/t21-;18-;17-;16-;9-,15+/m00001/s1/i;3D3;;;. The highest BCUT2D eigenvalue weighted by molar-refractivity contribution is 7.91. The highest BCUT2D eigenvalue weighted by atomic mass is 35.5. The number of benzene rings is 5. The Bertz CT molecular complexity index is 7670. The van der Waals surface area contributed by atoms with Crippen LogP contribution in [0.3, 0.4) is 0 Å². The third kappa shape index (κ3) is 25.6. The molecule has 0 bridgehead atoms. The molecule has 15 rings (SSSR count). The maximum atomic E-state index is 14.7. The first-order valence-electron chi connectivity index (χ1n) is 43.9. The van der Waals surface area contributed by atoms with Gasteiger partial charge in [0.25, 0.3) is 29.5 Å². The largest absolute Gasteiger partial charge is 0.495 e. The lowest BCUT2D eigenvalue weighted by atomic mass is 9.93. The van der Waals surface area contributed by atoms with Crippen LogP contribution in [0, 0.1) is 69.9 Å². The number of sulfonamides is 5. The Morgan fingerprint density at radius 1 is 0.408 bits per heavy atom. The number of pyridine rings is 3. The Balaban J connectivity index is 0.000000178. The van der Waals surface area contributed by atoms with E-state index >= 15 is 0 Å². The van der Waals surface area contributed by atoms with E-state index in [2.05, 4.69) is 81.2 Å². The molecular weight excluding hydrogens is 2090 g/mol.